The van der Waals surface area contributed by atoms with Gasteiger partial charge in [-0.2, -0.15) is 0 Å². The number of benzene rings is 1. The number of aromatic nitrogens is 2. The van der Waals surface area contributed by atoms with Gasteiger partial charge >= 0.3 is 12.1 Å². The van der Waals surface area contributed by atoms with E-state index in [9.17, 15) is 9.59 Å². The Morgan fingerprint density at radius 1 is 1.10 bits per heavy atom. The smallest absolute Gasteiger partial charge is 0.409 e. The monoisotopic (exact) mass is 414 g/mol. The van der Waals surface area contributed by atoms with Gasteiger partial charge in [-0.1, -0.05) is 6.07 Å². The molecule has 30 heavy (non-hydrogen) atoms. The molecule has 2 heterocycles. The first kappa shape index (κ1) is 21.2. The molecule has 1 aromatic carbocycles. The maximum Gasteiger partial charge on any atom is 0.409 e. The van der Waals surface area contributed by atoms with Crippen molar-refractivity contribution in [1.29, 1.82) is 0 Å². The summed E-state index contributed by atoms with van der Waals surface area (Å²) in [6, 6.07) is 6.92. The van der Waals surface area contributed by atoms with Crippen molar-refractivity contribution in [3.63, 3.8) is 0 Å². The van der Waals surface area contributed by atoms with Gasteiger partial charge in [0.15, 0.2) is 11.6 Å². The van der Waals surface area contributed by atoms with Crippen LogP contribution in [0.1, 0.15) is 24.2 Å². The number of carbonyl (C=O) groups is 2. The van der Waals surface area contributed by atoms with Crippen LogP contribution in [-0.2, 0) is 9.47 Å². The minimum Gasteiger partial charge on any atom is -0.462 e. The van der Waals surface area contributed by atoms with Crippen molar-refractivity contribution in [1.82, 2.24) is 14.9 Å². The number of piperazine rings is 1. The lowest BCUT2D eigenvalue weighted by Crippen LogP contribution is -2.49. The maximum atomic E-state index is 11.9. The van der Waals surface area contributed by atoms with Crippen molar-refractivity contribution in [2.45, 2.75) is 13.8 Å². The molecule has 10 heteroatoms. The molecule has 3 rings (SSSR count). The van der Waals surface area contributed by atoms with E-state index in [1.54, 1.807) is 36.9 Å². The Balaban J connectivity index is 1.71. The van der Waals surface area contributed by atoms with Gasteiger partial charge in [0.05, 0.1) is 18.8 Å². The Morgan fingerprint density at radius 2 is 1.83 bits per heavy atom. The minimum absolute atomic E-state index is 0.308. The number of nitrogens with zero attached hydrogens (tertiary/aromatic N) is 4. The second kappa shape index (κ2) is 9.77. The van der Waals surface area contributed by atoms with Crippen LogP contribution >= 0.6 is 0 Å². The number of nitrogens with two attached hydrogens (primary N) is 1. The van der Waals surface area contributed by atoms with Crippen LogP contribution in [0.5, 0.6) is 0 Å². The zero-order valence-corrected chi connectivity index (χ0v) is 17.1. The molecule has 1 aliphatic rings. The van der Waals surface area contributed by atoms with E-state index in [0.29, 0.717) is 68.0 Å². The van der Waals surface area contributed by atoms with E-state index in [0.717, 1.165) is 0 Å². The van der Waals surface area contributed by atoms with E-state index in [1.165, 1.54) is 6.33 Å². The third kappa shape index (κ3) is 4.88. The third-order valence-electron chi connectivity index (χ3n) is 4.60. The number of ether oxygens (including phenoxy) is 2. The lowest BCUT2D eigenvalue weighted by molar-refractivity contribution is 0.0526. The van der Waals surface area contributed by atoms with Crippen LogP contribution in [0, 0.1) is 0 Å². The van der Waals surface area contributed by atoms with Crippen LogP contribution in [0.25, 0.3) is 0 Å². The summed E-state index contributed by atoms with van der Waals surface area (Å²) in [5.41, 5.74) is 7.81. The second-order valence-electron chi connectivity index (χ2n) is 6.56. The predicted molar refractivity (Wildman–Crippen MR) is 113 cm³/mol. The first-order chi connectivity index (χ1) is 14.5. The quantitative estimate of drug-likeness (QED) is 0.685. The number of hydrogen-bond acceptors (Lipinski definition) is 9. The summed E-state index contributed by atoms with van der Waals surface area (Å²) in [7, 11) is 0. The zero-order chi connectivity index (χ0) is 21.5. The van der Waals surface area contributed by atoms with E-state index in [2.05, 4.69) is 15.3 Å². The van der Waals surface area contributed by atoms with Gasteiger partial charge < -0.3 is 30.3 Å². The predicted octanol–water partition coefficient (Wildman–Crippen LogP) is 2.26. The summed E-state index contributed by atoms with van der Waals surface area (Å²) in [4.78, 5) is 36.0. The molecular formula is C20H26N6O4. The minimum atomic E-state index is -0.392. The average molecular weight is 414 g/mol. The molecule has 10 nitrogen and oxygen atoms in total. The Hall–Kier alpha value is -3.56. The molecule has 2 aromatic rings. The highest BCUT2D eigenvalue weighted by atomic mass is 16.6. The highest BCUT2D eigenvalue weighted by molar-refractivity contribution is 5.91. The summed E-state index contributed by atoms with van der Waals surface area (Å²) in [5.74, 6) is 0.642. The molecule has 0 unspecified atom stereocenters. The Morgan fingerprint density at radius 3 is 2.53 bits per heavy atom. The number of nitrogens with one attached hydrogen (secondary N) is 1. The molecular weight excluding hydrogens is 388 g/mol. The van der Waals surface area contributed by atoms with Crippen molar-refractivity contribution in [3.05, 3.63) is 36.2 Å². The summed E-state index contributed by atoms with van der Waals surface area (Å²) >= 11 is 0. The van der Waals surface area contributed by atoms with Crippen LogP contribution in [0.15, 0.2) is 30.6 Å². The van der Waals surface area contributed by atoms with Crippen molar-refractivity contribution in [2.24, 2.45) is 0 Å². The number of rotatable bonds is 6. The Kier molecular flexibility index (Phi) is 6.89. The number of hydrogen-bond donors (Lipinski definition) is 2. The fourth-order valence-corrected chi connectivity index (χ4v) is 3.13. The van der Waals surface area contributed by atoms with Crippen molar-refractivity contribution >= 4 is 35.1 Å². The van der Waals surface area contributed by atoms with Gasteiger partial charge in [-0.05, 0) is 32.0 Å². The molecule has 0 spiro atoms. The number of nitrogen functional groups attached to an aromatic ring is 1. The maximum absolute atomic E-state index is 11.9. The molecule has 0 aliphatic carbocycles. The largest absolute Gasteiger partial charge is 0.462 e. The van der Waals surface area contributed by atoms with Gasteiger partial charge in [0.1, 0.15) is 12.0 Å². The molecule has 1 aromatic heterocycles. The van der Waals surface area contributed by atoms with E-state index in [1.807, 2.05) is 11.0 Å². The van der Waals surface area contributed by atoms with E-state index >= 15 is 0 Å². The molecule has 1 amide bonds. The molecule has 1 fully saturated rings. The first-order valence-corrected chi connectivity index (χ1v) is 9.84. The Bertz CT molecular complexity index is 899. The van der Waals surface area contributed by atoms with Crippen LogP contribution in [-0.4, -0.2) is 66.3 Å². The molecule has 0 radical (unpaired) electrons. The number of anilines is 4. The number of esters is 1. The van der Waals surface area contributed by atoms with Gasteiger partial charge in [0.25, 0.3) is 0 Å². The van der Waals surface area contributed by atoms with Crippen LogP contribution in [0.4, 0.5) is 27.8 Å². The van der Waals surface area contributed by atoms with E-state index in [-0.39, 0.29) is 6.09 Å². The molecule has 0 bridgehead atoms. The van der Waals surface area contributed by atoms with Gasteiger partial charge in [0.2, 0.25) is 0 Å². The van der Waals surface area contributed by atoms with Crippen molar-refractivity contribution in [3.8, 4) is 0 Å². The van der Waals surface area contributed by atoms with Crippen molar-refractivity contribution in [2.75, 3.05) is 55.3 Å². The van der Waals surface area contributed by atoms with Gasteiger partial charge in [0, 0.05) is 31.9 Å². The lowest BCUT2D eigenvalue weighted by Gasteiger charge is -2.35. The van der Waals surface area contributed by atoms with E-state index < -0.39 is 5.97 Å². The van der Waals surface area contributed by atoms with Gasteiger partial charge in [-0.25, -0.2) is 19.6 Å². The molecule has 0 atom stereocenters. The molecule has 3 N–H and O–H groups in total. The highest BCUT2D eigenvalue weighted by Crippen LogP contribution is 2.29. The molecule has 160 valence electrons. The summed E-state index contributed by atoms with van der Waals surface area (Å²) in [5, 5.41) is 3.14. The fourth-order valence-electron chi connectivity index (χ4n) is 3.13. The molecule has 1 aliphatic heterocycles. The highest BCUT2D eigenvalue weighted by Gasteiger charge is 2.24. The number of carbonyl (C=O) groups excluding carboxylic acids is 2. The fraction of sp³-hybridized carbons (Fsp3) is 0.400. The van der Waals surface area contributed by atoms with Gasteiger partial charge in [-0.15, -0.1) is 0 Å². The van der Waals surface area contributed by atoms with Crippen LogP contribution in [0.3, 0.4) is 0 Å². The second-order valence-corrected chi connectivity index (χ2v) is 6.56. The van der Waals surface area contributed by atoms with Crippen molar-refractivity contribution < 1.29 is 19.1 Å². The normalized spacial score (nSPS) is 13.7. The van der Waals surface area contributed by atoms with E-state index in [4.69, 9.17) is 15.2 Å². The standard InChI is InChI=1S/C20H26N6O4/c1-3-29-19(27)14-6-5-7-15(12-14)24-17-16(21)18(23-13-22-17)25-8-10-26(11-9-25)20(28)30-4-2/h5-7,12-13H,3-4,8-11,21H2,1-2H3,(H,22,23,24). The number of amides is 1. The van der Waals surface area contributed by atoms with Crippen LogP contribution < -0.4 is 16.0 Å². The van der Waals surface area contributed by atoms with Gasteiger partial charge in [-0.3, -0.25) is 0 Å². The lowest BCUT2D eigenvalue weighted by atomic mass is 10.2. The topological polar surface area (TPSA) is 123 Å². The summed E-state index contributed by atoms with van der Waals surface area (Å²) < 4.78 is 10.1. The van der Waals surface area contributed by atoms with Crippen LogP contribution in [0.2, 0.25) is 0 Å². The molecule has 1 saturated heterocycles. The SMILES string of the molecule is CCOC(=O)c1cccc(Nc2ncnc(N3CCN(C(=O)OCC)CC3)c2N)c1. The third-order valence-corrected chi connectivity index (χ3v) is 4.60. The Labute approximate surface area is 175 Å². The first-order valence-electron chi connectivity index (χ1n) is 9.84. The average Bonchev–Trinajstić information content (AvgIpc) is 2.76. The zero-order valence-electron chi connectivity index (χ0n) is 17.1. The molecule has 0 saturated carbocycles. The summed E-state index contributed by atoms with van der Waals surface area (Å²) in [6.07, 6.45) is 1.12. The summed E-state index contributed by atoms with van der Waals surface area (Å²) in [6.45, 7) is 6.41.